The topological polar surface area (TPSA) is 18.5 Å². The Labute approximate surface area is 132 Å². The normalized spacial score (nSPS) is 13.1. The van der Waals surface area contributed by atoms with Crippen molar-refractivity contribution in [3.63, 3.8) is 0 Å². The SMILES string of the molecule is CCCC(CBr)COc1ccc(OC(F)(F)F)c(Br)c1. The van der Waals surface area contributed by atoms with Crippen LogP contribution < -0.4 is 9.47 Å². The molecule has 0 radical (unpaired) electrons. The Morgan fingerprint density at radius 3 is 2.50 bits per heavy atom. The van der Waals surface area contributed by atoms with Gasteiger partial charge in [0.2, 0.25) is 0 Å². The Morgan fingerprint density at radius 2 is 2.00 bits per heavy atom. The highest BCUT2D eigenvalue weighted by molar-refractivity contribution is 9.10. The Kier molecular flexibility index (Phi) is 7.15. The third-order valence-electron chi connectivity index (χ3n) is 2.53. The van der Waals surface area contributed by atoms with Gasteiger partial charge in [-0.1, -0.05) is 29.3 Å². The first kappa shape index (κ1) is 17.6. The predicted octanol–water partition coefficient (Wildman–Crippen LogP) is 5.54. The Bertz CT molecular complexity index is 425. The van der Waals surface area contributed by atoms with E-state index in [-0.39, 0.29) is 10.2 Å². The molecule has 114 valence electrons. The third kappa shape index (κ3) is 6.35. The largest absolute Gasteiger partial charge is 0.573 e. The average Bonchev–Trinajstić information content (AvgIpc) is 2.36. The molecule has 0 aliphatic carbocycles. The van der Waals surface area contributed by atoms with Crippen LogP contribution in [-0.2, 0) is 0 Å². The Balaban J connectivity index is 2.63. The summed E-state index contributed by atoms with van der Waals surface area (Å²) in [5.41, 5.74) is 0. The maximum absolute atomic E-state index is 12.1. The zero-order valence-corrected chi connectivity index (χ0v) is 14.0. The van der Waals surface area contributed by atoms with E-state index in [0.717, 1.165) is 18.2 Å². The van der Waals surface area contributed by atoms with Crippen LogP contribution in [0.15, 0.2) is 22.7 Å². The summed E-state index contributed by atoms with van der Waals surface area (Å²) in [6.07, 6.45) is -2.61. The van der Waals surface area contributed by atoms with Gasteiger partial charge in [0.1, 0.15) is 11.5 Å². The molecule has 1 aromatic rings. The predicted molar refractivity (Wildman–Crippen MR) is 78.5 cm³/mol. The zero-order chi connectivity index (χ0) is 15.2. The van der Waals surface area contributed by atoms with Gasteiger partial charge in [-0.3, -0.25) is 0 Å². The van der Waals surface area contributed by atoms with E-state index >= 15 is 0 Å². The minimum Gasteiger partial charge on any atom is -0.493 e. The van der Waals surface area contributed by atoms with E-state index < -0.39 is 6.36 Å². The van der Waals surface area contributed by atoms with E-state index in [9.17, 15) is 13.2 Å². The first-order valence-corrected chi connectivity index (χ1v) is 8.01. The van der Waals surface area contributed by atoms with Gasteiger partial charge in [0.15, 0.2) is 0 Å². The number of alkyl halides is 4. The van der Waals surface area contributed by atoms with E-state index in [4.69, 9.17) is 4.74 Å². The molecule has 2 nitrogen and oxygen atoms in total. The van der Waals surface area contributed by atoms with Crippen LogP contribution in [0.1, 0.15) is 19.8 Å². The van der Waals surface area contributed by atoms with Crippen LogP contribution in [0, 0.1) is 5.92 Å². The minimum absolute atomic E-state index is 0.207. The smallest absolute Gasteiger partial charge is 0.493 e. The van der Waals surface area contributed by atoms with Gasteiger partial charge in [-0.2, -0.15) is 0 Å². The number of benzene rings is 1. The monoisotopic (exact) mass is 418 g/mol. The van der Waals surface area contributed by atoms with Gasteiger partial charge < -0.3 is 9.47 Å². The second kappa shape index (κ2) is 8.12. The van der Waals surface area contributed by atoms with Crippen molar-refractivity contribution in [2.75, 3.05) is 11.9 Å². The summed E-state index contributed by atoms with van der Waals surface area (Å²) in [4.78, 5) is 0. The summed E-state index contributed by atoms with van der Waals surface area (Å²) in [5.74, 6) is 0.605. The number of hydrogen-bond acceptors (Lipinski definition) is 2. The van der Waals surface area contributed by atoms with Crippen LogP contribution >= 0.6 is 31.9 Å². The maximum atomic E-state index is 12.1. The van der Waals surface area contributed by atoms with Crippen molar-refractivity contribution in [3.05, 3.63) is 22.7 Å². The maximum Gasteiger partial charge on any atom is 0.573 e. The van der Waals surface area contributed by atoms with E-state index in [1.807, 2.05) is 0 Å². The highest BCUT2D eigenvalue weighted by Crippen LogP contribution is 2.33. The second-order valence-corrected chi connectivity index (χ2v) is 5.76. The molecule has 20 heavy (non-hydrogen) atoms. The quantitative estimate of drug-likeness (QED) is 0.540. The van der Waals surface area contributed by atoms with E-state index in [2.05, 4.69) is 43.5 Å². The van der Waals surface area contributed by atoms with E-state index in [1.54, 1.807) is 0 Å². The lowest BCUT2D eigenvalue weighted by Crippen LogP contribution is -2.17. The lowest BCUT2D eigenvalue weighted by atomic mass is 10.1. The fourth-order valence-electron chi connectivity index (χ4n) is 1.61. The highest BCUT2D eigenvalue weighted by Gasteiger charge is 2.32. The fourth-order valence-corrected chi connectivity index (χ4v) is 2.56. The van der Waals surface area contributed by atoms with Gasteiger partial charge >= 0.3 is 6.36 Å². The molecule has 0 aliphatic heterocycles. The molecule has 1 aromatic carbocycles. The summed E-state index contributed by atoms with van der Waals surface area (Å²) in [6, 6.07) is 4.16. The molecule has 0 aliphatic rings. The van der Waals surface area contributed by atoms with Crippen LogP contribution in [0.25, 0.3) is 0 Å². The molecule has 0 fully saturated rings. The molecule has 0 heterocycles. The molecule has 0 N–H and O–H groups in total. The first-order chi connectivity index (χ1) is 9.35. The minimum atomic E-state index is -4.70. The first-order valence-electron chi connectivity index (χ1n) is 6.09. The molecule has 0 saturated carbocycles. The van der Waals surface area contributed by atoms with Crippen molar-refractivity contribution >= 4 is 31.9 Å². The fraction of sp³-hybridized carbons (Fsp3) is 0.538. The zero-order valence-electron chi connectivity index (χ0n) is 10.8. The van der Waals surface area contributed by atoms with Crippen molar-refractivity contribution in [1.82, 2.24) is 0 Å². The van der Waals surface area contributed by atoms with Gasteiger partial charge in [0, 0.05) is 11.2 Å². The van der Waals surface area contributed by atoms with Crippen molar-refractivity contribution in [3.8, 4) is 11.5 Å². The molecule has 0 aromatic heterocycles. The molecule has 0 spiro atoms. The van der Waals surface area contributed by atoms with Crippen molar-refractivity contribution in [2.45, 2.75) is 26.1 Å². The summed E-state index contributed by atoms with van der Waals surface area (Å²) in [5, 5.41) is 0.831. The number of hydrogen-bond donors (Lipinski definition) is 0. The summed E-state index contributed by atoms with van der Waals surface area (Å²) >= 11 is 6.46. The molecule has 1 atom stereocenters. The summed E-state index contributed by atoms with van der Waals surface area (Å²) < 4.78 is 46.0. The molecule has 0 saturated heterocycles. The lowest BCUT2D eigenvalue weighted by Gasteiger charge is -2.15. The molecule has 0 bridgehead atoms. The summed E-state index contributed by atoms with van der Waals surface area (Å²) in [6.45, 7) is 2.61. The van der Waals surface area contributed by atoms with Crippen molar-refractivity contribution < 1.29 is 22.6 Å². The second-order valence-electron chi connectivity index (χ2n) is 4.26. The van der Waals surface area contributed by atoms with Crippen LogP contribution in [0.3, 0.4) is 0 Å². The Morgan fingerprint density at radius 1 is 1.30 bits per heavy atom. The van der Waals surface area contributed by atoms with Crippen LogP contribution in [0.2, 0.25) is 0 Å². The van der Waals surface area contributed by atoms with Crippen LogP contribution in [0.5, 0.6) is 11.5 Å². The number of ether oxygens (including phenoxy) is 2. The summed E-state index contributed by atoms with van der Waals surface area (Å²) in [7, 11) is 0. The Hall–Kier alpha value is -0.430. The average molecular weight is 420 g/mol. The van der Waals surface area contributed by atoms with Gasteiger partial charge in [-0.25, -0.2) is 0 Å². The highest BCUT2D eigenvalue weighted by atomic mass is 79.9. The molecule has 0 amide bonds. The van der Waals surface area contributed by atoms with Gasteiger partial charge in [0.05, 0.1) is 11.1 Å². The molecular weight excluding hydrogens is 405 g/mol. The molecular formula is C13H15Br2F3O2. The molecule has 7 heteroatoms. The third-order valence-corrected chi connectivity index (χ3v) is 4.07. The number of halogens is 5. The number of rotatable bonds is 7. The molecule has 1 rings (SSSR count). The van der Waals surface area contributed by atoms with E-state index in [0.29, 0.717) is 18.3 Å². The standard InChI is InChI=1S/C13H15Br2F3O2/c1-2-3-9(7-14)8-19-10-4-5-12(11(15)6-10)20-13(16,17)18/h4-6,9H,2-3,7-8H2,1H3. The van der Waals surface area contributed by atoms with Gasteiger partial charge in [0.25, 0.3) is 0 Å². The van der Waals surface area contributed by atoms with Crippen molar-refractivity contribution in [2.24, 2.45) is 5.92 Å². The van der Waals surface area contributed by atoms with Gasteiger partial charge in [-0.15, -0.1) is 13.2 Å². The van der Waals surface area contributed by atoms with Crippen molar-refractivity contribution in [1.29, 1.82) is 0 Å². The van der Waals surface area contributed by atoms with E-state index in [1.165, 1.54) is 18.2 Å². The molecule has 1 unspecified atom stereocenters. The lowest BCUT2D eigenvalue weighted by molar-refractivity contribution is -0.274. The van der Waals surface area contributed by atoms with Crippen LogP contribution in [0.4, 0.5) is 13.2 Å². The van der Waals surface area contributed by atoms with Gasteiger partial charge in [-0.05, 0) is 40.5 Å². The van der Waals surface area contributed by atoms with Crippen LogP contribution in [-0.4, -0.2) is 18.3 Å².